The third-order valence-corrected chi connectivity index (χ3v) is 9.18. The Morgan fingerprint density at radius 1 is 0.391 bits per heavy atom. The van der Waals surface area contributed by atoms with Gasteiger partial charge in [0.2, 0.25) is 0 Å². The summed E-state index contributed by atoms with van der Waals surface area (Å²) in [6, 6.07) is 60.0. The number of benzene rings is 7. The lowest BCUT2D eigenvalue weighted by Crippen LogP contribution is -2.00. The van der Waals surface area contributed by atoms with Gasteiger partial charge in [0.1, 0.15) is 6.07 Å². The molecule has 0 radical (unpaired) electrons. The fourth-order valence-corrected chi connectivity index (χ4v) is 7.22. The number of fused-ring (bicyclic) bond motifs is 6. The molecule has 214 valence electrons. The van der Waals surface area contributed by atoms with Gasteiger partial charge in [-0.3, -0.25) is 0 Å². The number of hydrogen-bond donors (Lipinski definition) is 0. The van der Waals surface area contributed by atoms with Crippen molar-refractivity contribution < 1.29 is 0 Å². The van der Waals surface area contributed by atoms with Gasteiger partial charge in [-0.2, -0.15) is 5.26 Å². The lowest BCUT2D eigenvalue weighted by molar-refractivity contribution is 1.17. The van der Waals surface area contributed by atoms with Crippen molar-refractivity contribution in [1.29, 1.82) is 5.26 Å². The Bertz CT molecular complexity index is 2580. The zero-order chi connectivity index (χ0) is 30.6. The molecule has 0 aliphatic carbocycles. The standard InChI is InChI=1S/C43H27N3/c44-28-31-12-10-19-34(43(31)46-38-20-7-4-15-35(38)36-16-5-8-21-39(36)46)30-26-24-29(25-27-30)33-18-11-23-41-42(33)37-17-6-9-22-40(37)45(41)32-13-2-1-3-14-32/h1-27H. The van der Waals surface area contributed by atoms with Gasteiger partial charge in [-0.1, -0.05) is 121 Å². The summed E-state index contributed by atoms with van der Waals surface area (Å²) in [5, 5.41) is 15.2. The maximum Gasteiger partial charge on any atom is 0.101 e. The molecule has 0 spiro atoms. The summed E-state index contributed by atoms with van der Waals surface area (Å²) in [5.74, 6) is 0. The van der Waals surface area contributed by atoms with E-state index in [-0.39, 0.29) is 0 Å². The Hall–Kier alpha value is -6.37. The molecule has 2 aromatic heterocycles. The van der Waals surface area contributed by atoms with Gasteiger partial charge in [0, 0.05) is 32.8 Å². The molecule has 0 bridgehead atoms. The van der Waals surface area contributed by atoms with Gasteiger partial charge < -0.3 is 9.13 Å². The van der Waals surface area contributed by atoms with Crippen molar-refractivity contribution in [3.8, 4) is 39.7 Å². The highest BCUT2D eigenvalue weighted by Crippen LogP contribution is 2.41. The highest BCUT2D eigenvalue weighted by atomic mass is 15.0. The molecule has 0 amide bonds. The zero-order valence-corrected chi connectivity index (χ0v) is 24.9. The molecule has 3 nitrogen and oxygen atoms in total. The fourth-order valence-electron chi connectivity index (χ4n) is 7.22. The summed E-state index contributed by atoms with van der Waals surface area (Å²) in [5.41, 5.74) is 11.7. The monoisotopic (exact) mass is 585 g/mol. The van der Waals surface area contributed by atoms with E-state index in [0.29, 0.717) is 5.56 Å². The van der Waals surface area contributed by atoms with E-state index in [2.05, 4.69) is 167 Å². The van der Waals surface area contributed by atoms with E-state index < -0.39 is 0 Å². The summed E-state index contributed by atoms with van der Waals surface area (Å²) in [6.07, 6.45) is 0. The van der Waals surface area contributed by atoms with Crippen molar-refractivity contribution in [2.45, 2.75) is 0 Å². The molecule has 0 N–H and O–H groups in total. The van der Waals surface area contributed by atoms with Gasteiger partial charge in [-0.15, -0.1) is 0 Å². The normalized spacial score (nSPS) is 11.5. The minimum absolute atomic E-state index is 0.645. The summed E-state index contributed by atoms with van der Waals surface area (Å²) in [4.78, 5) is 0. The molecular weight excluding hydrogens is 558 g/mol. The van der Waals surface area contributed by atoms with Crippen LogP contribution < -0.4 is 0 Å². The molecule has 0 fully saturated rings. The molecular formula is C43H27N3. The number of rotatable bonds is 4. The van der Waals surface area contributed by atoms with Gasteiger partial charge in [0.25, 0.3) is 0 Å². The number of hydrogen-bond acceptors (Lipinski definition) is 1. The second kappa shape index (κ2) is 10.4. The van der Waals surface area contributed by atoms with Crippen LogP contribution in [0.25, 0.3) is 77.2 Å². The lowest BCUT2D eigenvalue weighted by atomic mass is 9.95. The SMILES string of the molecule is N#Cc1cccc(-c2ccc(-c3cccc4c3c3ccccc3n4-c3ccccc3)cc2)c1-n1c2ccccc2c2ccccc21. The van der Waals surface area contributed by atoms with E-state index >= 15 is 0 Å². The van der Waals surface area contributed by atoms with Crippen molar-refractivity contribution in [3.63, 3.8) is 0 Å². The Morgan fingerprint density at radius 3 is 1.54 bits per heavy atom. The van der Waals surface area contributed by atoms with Crippen molar-refractivity contribution in [3.05, 3.63) is 169 Å². The Balaban J connectivity index is 1.24. The van der Waals surface area contributed by atoms with Crippen molar-refractivity contribution in [2.75, 3.05) is 0 Å². The third-order valence-electron chi connectivity index (χ3n) is 9.18. The van der Waals surface area contributed by atoms with E-state index in [1.165, 1.54) is 38.1 Å². The second-order valence-corrected chi connectivity index (χ2v) is 11.6. The predicted molar refractivity (Wildman–Crippen MR) is 191 cm³/mol. The van der Waals surface area contributed by atoms with Crippen LogP contribution in [0.5, 0.6) is 0 Å². The van der Waals surface area contributed by atoms with Crippen LogP contribution >= 0.6 is 0 Å². The number of aromatic nitrogens is 2. The third kappa shape index (κ3) is 3.84. The molecule has 0 aliphatic rings. The van der Waals surface area contributed by atoms with Crippen LogP contribution in [0.3, 0.4) is 0 Å². The predicted octanol–water partition coefficient (Wildman–Crippen LogP) is 11.1. The van der Waals surface area contributed by atoms with Gasteiger partial charge in [-0.25, -0.2) is 0 Å². The van der Waals surface area contributed by atoms with Gasteiger partial charge in [0.05, 0.1) is 33.3 Å². The van der Waals surface area contributed by atoms with Gasteiger partial charge in [-0.05, 0) is 59.2 Å². The maximum atomic E-state index is 10.3. The smallest absolute Gasteiger partial charge is 0.101 e. The van der Waals surface area contributed by atoms with E-state index in [0.717, 1.165) is 39.1 Å². The van der Waals surface area contributed by atoms with Crippen LogP contribution in [-0.2, 0) is 0 Å². The van der Waals surface area contributed by atoms with E-state index in [1.807, 2.05) is 12.1 Å². The number of para-hydroxylation sites is 5. The molecule has 0 atom stereocenters. The molecule has 0 saturated carbocycles. The average molecular weight is 586 g/mol. The first-order valence-corrected chi connectivity index (χ1v) is 15.5. The van der Waals surface area contributed by atoms with Crippen LogP contribution in [0.1, 0.15) is 5.56 Å². The molecule has 9 rings (SSSR count). The quantitative estimate of drug-likeness (QED) is 0.202. The van der Waals surface area contributed by atoms with Crippen LogP contribution in [0.15, 0.2) is 164 Å². The summed E-state index contributed by atoms with van der Waals surface area (Å²) >= 11 is 0. The van der Waals surface area contributed by atoms with Crippen molar-refractivity contribution in [2.24, 2.45) is 0 Å². The highest BCUT2D eigenvalue weighted by molar-refractivity contribution is 6.16. The van der Waals surface area contributed by atoms with E-state index in [4.69, 9.17) is 0 Å². The first kappa shape index (κ1) is 26.1. The molecule has 9 aromatic rings. The molecule has 7 aromatic carbocycles. The molecule has 0 aliphatic heterocycles. The van der Waals surface area contributed by atoms with Crippen LogP contribution in [0, 0.1) is 11.3 Å². The molecule has 0 saturated heterocycles. The van der Waals surface area contributed by atoms with E-state index in [9.17, 15) is 5.26 Å². The van der Waals surface area contributed by atoms with Crippen molar-refractivity contribution >= 4 is 43.6 Å². The topological polar surface area (TPSA) is 33.6 Å². The lowest BCUT2D eigenvalue weighted by Gasteiger charge is -2.16. The Morgan fingerprint density at radius 2 is 0.891 bits per heavy atom. The Labute approximate surface area is 266 Å². The van der Waals surface area contributed by atoms with Crippen molar-refractivity contribution in [1.82, 2.24) is 9.13 Å². The summed E-state index contributed by atoms with van der Waals surface area (Å²) in [6.45, 7) is 0. The fraction of sp³-hybridized carbons (Fsp3) is 0. The molecule has 46 heavy (non-hydrogen) atoms. The summed E-state index contributed by atoms with van der Waals surface area (Å²) in [7, 11) is 0. The maximum absolute atomic E-state index is 10.3. The van der Waals surface area contributed by atoms with Gasteiger partial charge >= 0.3 is 0 Å². The summed E-state index contributed by atoms with van der Waals surface area (Å²) < 4.78 is 4.61. The largest absolute Gasteiger partial charge is 0.309 e. The van der Waals surface area contributed by atoms with Crippen LogP contribution in [0.2, 0.25) is 0 Å². The minimum atomic E-state index is 0.645. The molecule has 0 unspecified atom stereocenters. The first-order chi connectivity index (χ1) is 22.8. The van der Waals surface area contributed by atoms with Crippen LogP contribution in [-0.4, -0.2) is 9.13 Å². The minimum Gasteiger partial charge on any atom is -0.309 e. The zero-order valence-electron chi connectivity index (χ0n) is 24.9. The average Bonchev–Trinajstić information content (AvgIpc) is 3.65. The number of nitrogens with zero attached hydrogens (tertiary/aromatic N) is 3. The van der Waals surface area contributed by atoms with E-state index in [1.54, 1.807) is 0 Å². The number of nitriles is 1. The second-order valence-electron chi connectivity index (χ2n) is 11.6. The molecule has 3 heteroatoms. The first-order valence-electron chi connectivity index (χ1n) is 15.5. The van der Waals surface area contributed by atoms with Gasteiger partial charge in [0.15, 0.2) is 0 Å². The molecule has 2 heterocycles. The Kier molecular flexibility index (Phi) is 5.88. The highest BCUT2D eigenvalue weighted by Gasteiger charge is 2.19. The van der Waals surface area contributed by atoms with Crippen LogP contribution in [0.4, 0.5) is 0 Å².